The third-order valence-electron chi connectivity index (χ3n) is 3.93. The number of aromatic nitrogens is 2. The first kappa shape index (κ1) is 19.9. The lowest BCUT2D eigenvalue weighted by molar-refractivity contribution is 0.0276. The van der Waals surface area contributed by atoms with Gasteiger partial charge in [0, 0.05) is 22.7 Å². The largest absolute Gasteiger partial charge is 0.493 e. The van der Waals surface area contributed by atoms with Gasteiger partial charge in [0.1, 0.15) is 6.61 Å². The van der Waals surface area contributed by atoms with E-state index in [9.17, 15) is 9.90 Å². The van der Waals surface area contributed by atoms with Gasteiger partial charge in [0.2, 0.25) is 0 Å². The molecule has 1 N–H and O–H groups in total. The van der Waals surface area contributed by atoms with Gasteiger partial charge in [-0.1, -0.05) is 23.7 Å². The average Bonchev–Trinajstić information content (AvgIpc) is 2.65. The number of methoxy groups -OCH3 is 1. The van der Waals surface area contributed by atoms with Gasteiger partial charge in [-0.2, -0.15) is 9.78 Å². The van der Waals surface area contributed by atoms with Crippen LogP contribution in [0.4, 0.5) is 0 Å². The van der Waals surface area contributed by atoms with Crippen LogP contribution in [0.15, 0.2) is 59.5 Å². The Kier molecular flexibility index (Phi) is 5.72. The molecule has 0 fully saturated rings. The SMILES string of the molecule is COc1cc(-n2ncc(-c3cccc(Cl)c3)cc2=O)ccc1OCC(C)(C)O. The summed E-state index contributed by atoms with van der Waals surface area (Å²) < 4.78 is 12.2. The van der Waals surface area contributed by atoms with E-state index >= 15 is 0 Å². The van der Waals surface area contributed by atoms with Gasteiger partial charge < -0.3 is 14.6 Å². The lowest BCUT2D eigenvalue weighted by atomic mass is 10.1. The number of hydrogen-bond donors (Lipinski definition) is 1. The zero-order chi connectivity index (χ0) is 20.3. The number of hydrogen-bond acceptors (Lipinski definition) is 5. The molecule has 0 saturated carbocycles. The van der Waals surface area contributed by atoms with Gasteiger partial charge in [-0.15, -0.1) is 0 Å². The summed E-state index contributed by atoms with van der Waals surface area (Å²) in [6.45, 7) is 3.41. The molecule has 0 amide bonds. The van der Waals surface area contributed by atoms with Crippen LogP contribution in [0.5, 0.6) is 11.5 Å². The standard InChI is InChI=1S/C21H21ClN2O4/c1-21(2,26)13-28-18-8-7-17(11-19(18)27-3)24-20(25)10-15(12-23-24)14-5-4-6-16(22)9-14/h4-12,26H,13H2,1-3H3. The van der Waals surface area contributed by atoms with Crippen LogP contribution in [0, 0.1) is 0 Å². The molecule has 0 spiro atoms. The molecule has 146 valence electrons. The normalized spacial score (nSPS) is 11.3. The lowest BCUT2D eigenvalue weighted by Gasteiger charge is -2.19. The van der Waals surface area contributed by atoms with Crippen LogP contribution in [-0.2, 0) is 0 Å². The molecular formula is C21H21ClN2O4. The molecule has 0 aliphatic heterocycles. The molecule has 2 aromatic carbocycles. The highest BCUT2D eigenvalue weighted by Crippen LogP contribution is 2.30. The van der Waals surface area contributed by atoms with Crippen molar-refractivity contribution in [3.63, 3.8) is 0 Å². The number of benzene rings is 2. The van der Waals surface area contributed by atoms with Gasteiger partial charge in [0.25, 0.3) is 5.56 Å². The fraction of sp³-hybridized carbons (Fsp3) is 0.238. The maximum absolute atomic E-state index is 12.6. The molecular weight excluding hydrogens is 380 g/mol. The predicted octanol–water partition coefficient (Wildman–Crippen LogP) is 3.71. The van der Waals surface area contributed by atoms with Crippen LogP contribution in [0.3, 0.4) is 0 Å². The van der Waals surface area contributed by atoms with Crippen LogP contribution >= 0.6 is 11.6 Å². The van der Waals surface area contributed by atoms with Crippen LogP contribution in [0.25, 0.3) is 16.8 Å². The lowest BCUT2D eigenvalue weighted by Crippen LogP contribution is -2.28. The minimum atomic E-state index is -0.974. The summed E-state index contributed by atoms with van der Waals surface area (Å²) in [6, 6.07) is 13.8. The Morgan fingerprint density at radius 2 is 1.89 bits per heavy atom. The summed E-state index contributed by atoms with van der Waals surface area (Å²) in [5, 5.41) is 14.7. The quantitative estimate of drug-likeness (QED) is 0.682. The molecule has 6 nitrogen and oxygen atoms in total. The molecule has 28 heavy (non-hydrogen) atoms. The second-order valence-corrected chi connectivity index (χ2v) is 7.38. The smallest absolute Gasteiger partial charge is 0.272 e. The van der Waals surface area contributed by atoms with Gasteiger partial charge in [0.15, 0.2) is 11.5 Å². The van der Waals surface area contributed by atoms with E-state index in [1.807, 2.05) is 12.1 Å². The fourth-order valence-corrected chi connectivity index (χ4v) is 2.78. The summed E-state index contributed by atoms with van der Waals surface area (Å²) in [4.78, 5) is 12.6. The van der Waals surface area contributed by atoms with Gasteiger partial charge in [-0.3, -0.25) is 4.79 Å². The summed E-state index contributed by atoms with van der Waals surface area (Å²) in [5.74, 6) is 0.909. The van der Waals surface area contributed by atoms with E-state index in [1.165, 1.54) is 17.9 Å². The van der Waals surface area contributed by atoms with Crippen molar-refractivity contribution < 1.29 is 14.6 Å². The topological polar surface area (TPSA) is 73.6 Å². The second-order valence-electron chi connectivity index (χ2n) is 6.94. The fourth-order valence-electron chi connectivity index (χ4n) is 2.59. The van der Waals surface area contributed by atoms with Crippen molar-refractivity contribution in [1.82, 2.24) is 9.78 Å². The van der Waals surface area contributed by atoms with Crippen LogP contribution in [0.1, 0.15) is 13.8 Å². The first-order valence-electron chi connectivity index (χ1n) is 8.66. The highest BCUT2D eigenvalue weighted by molar-refractivity contribution is 6.30. The van der Waals surface area contributed by atoms with Crippen LogP contribution in [-0.4, -0.2) is 34.2 Å². The summed E-state index contributed by atoms with van der Waals surface area (Å²) >= 11 is 6.02. The van der Waals surface area contributed by atoms with E-state index in [4.69, 9.17) is 21.1 Å². The Morgan fingerprint density at radius 3 is 2.54 bits per heavy atom. The van der Waals surface area contributed by atoms with E-state index in [1.54, 1.807) is 50.4 Å². The molecule has 3 aromatic rings. The highest BCUT2D eigenvalue weighted by atomic mass is 35.5. The van der Waals surface area contributed by atoms with Crippen molar-refractivity contribution in [1.29, 1.82) is 0 Å². The highest BCUT2D eigenvalue weighted by Gasteiger charge is 2.16. The average molecular weight is 401 g/mol. The Labute approximate surface area is 167 Å². The first-order chi connectivity index (χ1) is 13.3. The maximum atomic E-state index is 12.6. The number of rotatable bonds is 6. The van der Waals surface area contributed by atoms with Crippen molar-refractivity contribution >= 4 is 11.6 Å². The molecule has 0 bridgehead atoms. The van der Waals surface area contributed by atoms with Crippen molar-refractivity contribution in [2.75, 3.05) is 13.7 Å². The van der Waals surface area contributed by atoms with Crippen molar-refractivity contribution in [3.05, 3.63) is 70.1 Å². The molecule has 3 rings (SSSR count). The van der Waals surface area contributed by atoms with Gasteiger partial charge in [-0.25, -0.2) is 0 Å². The molecule has 1 aromatic heterocycles. The molecule has 0 unspecified atom stereocenters. The third-order valence-corrected chi connectivity index (χ3v) is 4.17. The Morgan fingerprint density at radius 1 is 1.11 bits per heavy atom. The maximum Gasteiger partial charge on any atom is 0.272 e. The Balaban J connectivity index is 1.92. The zero-order valence-electron chi connectivity index (χ0n) is 15.8. The van der Waals surface area contributed by atoms with Crippen LogP contribution in [0.2, 0.25) is 5.02 Å². The van der Waals surface area contributed by atoms with Gasteiger partial charge in [0.05, 0.1) is 24.6 Å². The van der Waals surface area contributed by atoms with Gasteiger partial charge >= 0.3 is 0 Å². The van der Waals surface area contributed by atoms with E-state index in [0.29, 0.717) is 27.8 Å². The molecule has 0 atom stereocenters. The molecule has 7 heteroatoms. The van der Waals surface area contributed by atoms with Crippen LogP contribution < -0.4 is 15.0 Å². The summed E-state index contributed by atoms with van der Waals surface area (Å²) in [7, 11) is 1.51. The van der Waals surface area contributed by atoms with Crippen molar-refractivity contribution in [2.24, 2.45) is 0 Å². The van der Waals surface area contributed by atoms with E-state index in [2.05, 4.69) is 5.10 Å². The molecule has 0 radical (unpaired) electrons. The molecule has 0 aliphatic carbocycles. The molecule has 1 heterocycles. The van der Waals surface area contributed by atoms with E-state index < -0.39 is 5.60 Å². The van der Waals surface area contributed by atoms with E-state index in [-0.39, 0.29) is 12.2 Å². The Bertz CT molecular complexity index is 1040. The number of nitrogens with zero attached hydrogens (tertiary/aromatic N) is 2. The predicted molar refractivity (Wildman–Crippen MR) is 109 cm³/mol. The molecule has 0 aliphatic rings. The first-order valence-corrected chi connectivity index (χ1v) is 9.03. The van der Waals surface area contributed by atoms with E-state index in [0.717, 1.165) is 5.56 Å². The molecule has 0 saturated heterocycles. The van der Waals surface area contributed by atoms with Gasteiger partial charge in [-0.05, 0) is 43.7 Å². The number of aliphatic hydroxyl groups is 1. The van der Waals surface area contributed by atoms with Crippen molar-refractivity contribution in [3.8, 4) is 28.3 Å². The minimum Gasteiger partial charge on any atom is -0.493 e. The summed E-state index contributed by atoms with van der Waals surface area (Å²) in [5.41, 5.74) is 0.774. The zero-order valence-corrected chi connectivity index (χ0v) is 16.6. The number of halogens is 1. The van der Waals surface area contributed by atoms with Crippen molar-refractivity contribution in [2.45, 2.75) is 19.4 Å². The number of ether oxygens (including phenoxy) is 2. The summed E-state index contributed by atoms with van der Waals surface area (Å²) in [6.07, 6.45) is 1.61. The third kappa shape index (κ3) is 4.71. The monoisotopic (exact) mass is 400 g/mol. The second kappa shape index (κ2) is 8.04. The Hall–Kier alpha value is -2.83. The minimum absolute atomic E-state index is 0.106.